The largest absolute Gasteiger partial charge is 0.497 e. The number of rotatable bonds is 5. The molecule has 0 fully saturated rings. The summed E-state index contributed by atoms with van der Waals surface area (Å²) in [6.07, 6.45) is 0. The zero-order valence-corrected chi connectivity index (χ0v) is 11.7. The SMILES string of the molecule is COc1ccc(C(C)(C)CNC(C)=O)c(OC)c1. The number of carbonyl (C=O) groups excluding carboxylic acids is 1. The second kappa shape index (κ2) is 5.76. The van der Waals surface area contributed by atoms with Crippen molar-refractivity contribution in [3.05, 3.63) is 23.8 Å². The molecule has 0 aromatic heterocycles. The summed E-state index contributed by atoms with van der Waals surface area (Å²) in [5.74, 6) is 1.49. The highest BCUT2D eigenvalue weighted by atomic mass is 16.5. The van der Waals surface area contributed by atoms with E-state index in [1.54, 1.807) is 14.2 Å². The van der Waals surface area contributed by atoms with Gasteiger partial charge in [-0.1, -0.05) is 19.9 Å². The fraction of sp³-hybridized carbons (Fsp3) is 0.500. The fourth-order valence-electron chi connectivity index (χ4n) is 1.80. The minimum atomic E-state index is -0.205. The Morgan fingerprint density at radius 1 is 1.28 bits per heavy atom. The summed E-state index contributed by atoms with van der Waals surface area (Å²) >= 11 is 0. The van der Waals surface area contributed by atoms with Gasteiger partial charge in [-0.15, -0.1) is 0 Å². The number of carbonyl (C=O) groups is 1. The number of methoxy groups -OCH3 is 2. The first-order valence-electron chi connectivity index (χ1n) is 5.87. The molecule has 1 aromatic rings. The van der Waals surface area contributed by atoms with Crippen molar-refractivity contribution >= 4 is 5.91 Å². The average Bonchev–Trinajstić information content (AvgIpc) is 2.35. The van der Waals surface area contributed by atoms with Crippen LogP contribution in [0.3, 0.4) is 0 Å². The van der Waals surface area contributed by atoms with E-state index in [1.165, 1.54) is 6.92 Å². The maximum absolute atomic E-state index is 11.0. The average molecular weight is 251 g/mol. The second-order valence-electron chi connectivity index (χ2n) is 4.86. The van der Waals surface area contributed by atoms with Crippen molar-refractivity contribution in [3.8, 4) is 11.5 Å². The second-order valence-corrected chi connectivity index (χ2v) is 4.86. The van der Waals surface area contributed by atoms with Crippen molar-refractivity contribution in [2.75, 3.05) is 20.8 Å². The Hall–Kier alpha value is -1.71. The Balaban J connectivity index is 3.02. The molecule has 0 aliphatic carbocycles. The third-order valence-electron chi connectivity index (χ3n) is 2.92. The Morgan fingerprint density at radius 2 is 1.94 bits per heavy atom. The van der Waals surface area contributed by atoms with Crippen LogP contribution in [0.1, 0.15) is 26.3 Å². The smallest absolute Gasteiger partial charge is 0.216 e. The molecule has 0 saturated carbocycles. The molecule has 1 aromatic carbocycles. The quantitative estimate of drug-likeness (QED) is 0.872. The van der Waals surface area contributed by atoms with Gasteiger partial charge in [-0.3, -0.25) is 4.79 Å². The van der Waals surface area contributed by atoms with Gasteiger partial charge in [-0.05, 0) is 6.07 Å². The number of hydrogen-bond acceptors (Lipinski definition) is 3. The van der Waals surface area contributed by atoms with Crippen LogP contribution in [0.15, 0.2) is 18.2 Å². The Bertz CT molecular complexity index is 427. The highest BCUT2D eigenvalue weighted by molar-refractivity contribution is 5.73. The van der Waals surface area contributed by atoms with Crippen LogP contribution in [-0.2, 0) is 10.2 Å². The lowest BCUT2D eigenvalue weighted by Crippen LogP contribution is -2.35. The number of benzene rings is 1. The lowest BCUT2D eigenvalue weighted by Gasteiger charge is -2.27. The minimum absolute atomic E-state index is 0.0319. The monoisotopic (exact) mass is 251 g/mol. The molecule has 1 rings (SSSR count). The molecule has 0 atom stereocenters. The Morgan fingerprint density at radius 3 is 2.44 bits per heavy atom. The Labute approximate surface area is 108 Å². The molecule has 0 unspecified atom stereocenters. The summed E-state index contributed by atoms with van der Waals surface area (Å²) in [6, 6.07) is 5.72. The molecule has 0 aliphatic rings. The summed E-state index contributed by atoms with van der Waals surface area (Å²) in [7, 11) is 3.25. The lowest BCUT2D eigenvalue weighted by atomic mass is 9.84. The molecule has 0 saturated heterocycles. The molecule has 0 aliphatic heterocycles. The van der Waals surface area contributed by atoms with Gasteiger partial charge in [0, 0.05) is 30.5 Å². The van der Waals surface area contributed by atoms with Gasteiger partial charge < -0.3 is 14.8 Å². The maximum Gasteiger partial charge on any atom is 0.216 e. The maximum atomic E-state index is 11.0. The predicted molar refractivity (Wildman–Crippen MR) is 71.3 cm³/mol. The fourth-order valence-corrected chi connectivity index (χ4v) is 1.80. The van der Waals surface area contributed by atoms with Crippen molar-refractivity contribution < 1.29 is 14.3 Å². The molecule has 4 nitrogen and oxygen atoms in total. The van der Waals surface area contributed by atoms with Gasteiger partial charge in [-0.2, -0.15) is 0 Å². The van der Waals surface area contributed by atoms with Gasteiger partial charge in [-0.25, -0.2) is 0 Å². The molecular weight excluding hydrogens is 230 g/mol. The molecule has 0 bridgehead atoms. The third-order valence-corrected chi connectivity index (χ3v) is 2.92. The van der Waals surface area contributed by atoms with E-state index in [1.807, 2.05) is 18.2 Å². The number of hydrogen-bond donors (Lipinski definition) is 1. The molecular formula is C14H21NO3. The van der Waals surface area contributed by atoms with E-state index in [4.69, 9.17) is 9.47 Å². The first-order valence-corrected chi connectivity index (χ1v) is 5.87. The van der Waals surface area contributed by atoms with Crippen LogP contribution >= 0.6 is 0 Å². The van der Waals surface area contributed by atoms with E-state index >= 15 is 0 Å². The first-order chi connectivity index (χ1) is 8.40. The Kier molecular flexibility index (Phi) is 4.59. The summed E-state index contributed by atoms with van der Waals surface area (Å²) in [5, 5.41) is 2.84. The lowest BCUT2D eigenvalue weighted by molar-refractivity contribution is -0.119. The molecule has 100 valence electrons. The molecule has 4 heteroatoms. The van der Waals surface area contributed by atoms with E-state index < -0.39 is 0 Å². The van der Waals surface area contributed by atoms with E-state index in [0.717, 1.165) is 17.1 Å². The number of ether oxygens (including phenoxy) is 2. The number of nitrogens with one attached hydrogen (secondary N) is 1. The molecule has 18 heavy (non-hydrogen) atoms. The van der Waals surface area contributed by atoms with Crippen LogP contribution in [0, 0.1) is 0 Å². The van der Waals surface area contributed by atoms with Crippen molar-refractivity contribution in [3.63, 3.8) is 0 Å². The molecule has 0 heterocycles. The predicted octanol–water partition coefficient (Wildman–Crippen LogP) is 2.12. The van der Waals surface area contributed by atoms with Gasteiger partial charge in [0.1, 0.15) is 11.5 Å². The zero-order valence-electron chi connectivity index (χ0n) is 11.7. The highest BCUT2D eigenvalue weighted by Gasteiger charge is 2.25. The van der Waals surface area contributed by atoms with Crippen molar-refractivity contribution in [2.24, 2.45) is 0 Å². The normalized spacial score (nSPS) is 10.9. The third kappa shape index (κ3) is 3.39. The number of amides is 1. The summed E-state index contributed by atoms with van der Waals surface area (Å²) in [5.41, 5.74) is 0.836. The van der Waals surface area contributed by atoms with Crippen LogP contribution in [0.25, 0.3) is 0 Å². The van der Waals surface area contributed by atoms with E-state index in [0.29, 0.717) is 6.54 Å². The van der Waals surface area contributed by atoms with Crippen LogP contribution in [0.2, 0.25) is 0 Å². The van der Waals surface area contributed by atoms with Gasteiger partial charge in [0.25, 0.3) is 0 Å². The van der Waals surface area contributed by atoms with Gasteiger partial charge >= 0.3 is 0 Å². The summed E-state index contributed by atoms with van der Waals surface area (Å²) in [6.45, 7) is 6.20. The van der Waals surface area contributed by atoms with Gasteiger partial charge in [0.2, 0.25) is 5.91 Å². The molecule has 0 radical (unpaired) electrons. The highest BCUT2D eigenvalue weighted by Crippen LogP contribution is 2.33. The van der Waals surface area contributed by atoms with Gasteiger partial charge in [0.05, 0.1) is 14.2 Å². The van der Waals surface area contributed by atoms with Gasteiger partial charge in [0.15, 0.2) is 0 Å². The molecule has 1 N–H and O–H groups in total. The van der Waals surface area contributed by atoms with Crippen LogP contribution in [0.4, 0.5) is 0 Å². The van der Waals surface area contributed by atoms with E-state index in [9.17, 15) is 4.79 Å². The van der Waals surface area contributed by atoms with Crippen LogP contribution in [-0.4, -0.2) is 26.7 Å². The van der Waals surface area contributed by atoms with Crippen molar-refractivity contribution in [1.82, 2.24) is 5.32 Å². The van der Waals surface area contributed by atoms with E-state index in [-0.39, 0.29) is 11.3 Å². The zero-order chi connectivity index (χ0) is 13.8. The van der Waals surface area contributed by atoms with Crippen molar-refractivity contribution in [1.29, 1.82) is 0 Å². The molecule has 1 amide bonds. The topological polar surface area (TPSA) is 47.6 Å². The summed E-state index contributed by atoms with van der Waals surface area (Å²) in [4.78, 5) is 11.0. The summed E-state index contributed by atoms with van der Waals surface area (Å²) < 4.78 is 10.6. The van der Waals surface area contributed by atoms with E-state index in [2.05, 4.69) is 19.2 Å². The molecule has 0 spiro atoms. The van der Waals surface area contributed by atoms with Crippen molar-refractivity contribution in [2.45, 2.75) is 26.2 Å². The van der Waals surface area contributed by atoms with Crippen LogP contribution < -0.4 is 14.8 Å². The first kappa shape index (κ1) is 14.4. The minimum Gasteiger partial charge on any atom is -0.497 e. The van der Waals surface area contributed by atoms with Crippen LogP contribution in [0.5, 0.6) is 11.5 Å². The standard InChI is InChI=1S/C14H21NO3/c1-10(16)15-9-14(2,3)12-7-6-11(17-4)8-13(12)18-5/h6-8H,9H2,1-5H3,(H,15,16).